The van der Waals surface area contributed by atoms with Crippen LogP contribution in [0.4, 0.5) is 10.9 Å². The van der Waals surface area contributed by atoms with Crippen molar-refractivity contribution in [2.24, 2.45) is 0 Å². The van der Waals surface area contributed by atoms with Crippen LogP contribution in [0, 0.1) is 0 Å². The summed E-state index contributed by atoms with van der Waals surface area (Å²) >= 11 is 1.54. The zero-order chi connectivity index (χ0) is 16.1. The quantitative estimate of drug-likeness (QED) is 0.881. The summed E-state index contributed by atoms with van der Waals surface area (Å²) in [6, 6.07) is 5.78. The second kappa shape index (κ2) is 7.52. The molecule has 7 heteroatoms. The standard InChI is InChI=1S/C16H20N4O2S/c1-22-10-7-15(21)20-9-4-5-13(20)12-11-23-16(18-12)19-14-6-2-3-8-17-14/h2-3,6,8,11,13H,4-5,7,9-10H2,1H3,(H,17,18,19)/t13-/m1/s1. The Morgan fingerprint density at radius 2 is 2.43 bits per heavy atom. The molecule has 122 valence electrons. The van der Waals surface area contributed by atoms with Crippen molar-refractivity contribution in [1.82, 2.24) is 14.9 Å². The number of carbonyl (C=O) groups excluding carboxylic acids is 1. The number of aromatic nitrogens is 2. The summed E-state index contributed by atoms with van der Waals surface area (Å²) in [6.45, 7) is 1.26. The van der Waals surface area contributed by atoms with Crippen LogP contribution in [-0.4, -0.2) is 41.0 Å². The van der Waals surface area contributed by atoms with E-state index in [-0.39, 0.29) is 11.9 Å². The molecule has 0 aliphatic carbocycles. The van der Waals surface area contributed by atoms with Crippen molar-refractivity contribution >= 4 is 28.2 Å². The molecule has 0 radical (unpaired) electrons. The summed E-state index contributed by atoms with van der Waals surface area (Å²) in [7, 11) is 1.62. The van der Waals surface area contributed by atoms with Crippen LogP contribution in [0.2, 0.25) is 0 Å². The average molecular weight is 332 g/mol. The third kappa shape index (κ3) is 3.86. The highest BCUT2D eigenvalue weighted by atomic mass is 32.1. The van der Waals surface area contributed by atoms with Crippen molar-refractivity contribution in [3.63, 3.8) is 0 Å². The summed E-state index contributed by atoms with van der Waals surface area (Å²) in [5.74, 6) is 0.912. The van der Waals surface area contributed by atoms with E-state index in [1.165, 1.54) is 11.3 Å². The average Bonchev–Trinajstić information content (AvgIpc) is 3.22. The number of carbonyl (C=O) groups is 1. The number of likely N-dealkylation sites (tertiary alicyclic amines) is 1. The predicted molar refractivity (Wildman–Crippen MR) is 89.8 cm³/mol. The van der Waals surface area contributed by atoms with Crippen molar-refractivity contribution in [1.29, 1.82) is 0 Å². The number of nitrogens with one attached hydrogen (secondary N) is 1. The molecule has 6 nitrogen and oxygen atoms in total. The minimum atomic E-state index is 0.0786. The number of rotatable bonds is 6. The Bertz CT molecular complexity index is 647. The molecular formula is C16H20N4O2S. The highest BCUT2D eigenvalue weighted by Crippen LogP contribution is 2.34. The van der Waals surface area contributed by atoms with Crippen LogP contribution in [0.1, 0.15) is 31.0 Å². The van der Waals surface area contributed by atoms with E-state index in [2.05, 4.69) is 15.3 Å². The molecule has 2 aromatic rings. The highest BCUT2D eigenvalue weighted by Gasteiger charge is 2.31. The highest BCUT2D eigenvalue weighted by molar-refractivity contribution is 7.13. The van der Waals surface area contributed by atoms with E-state index in [0.717, 1.165) is 36.0 Å². The Balaban J connectivity index is 1.68. The van der Waals surface area contributed by atoms with Crippen molar-refractivity contribution in [2.75, 3.05) is 25.6 Å². The lowest BCUT2D eigenvalue weighted by atomic mass is 10.1. The number of amides is 1. The minimum Gasteiger partial charge on any atom is -0.384 e. The molecule has 0 unspecified atom stereocenters. The number of nitrogens with zero attached hydrogens (tertiary/aromatic N) is 3. The predicted octanol–water partition coefficient (Wildman–Crippen LogP) is 2.98. The normalized spacial score (nSPS) is 17.4. The fraction of sp³-hybridized carbons (Fsp3) is 0.438. The molecule has 1 aliphatic rings. The molecule has 1 N–H and O–H groups in total. The number of hydrogen-bond acceptors (Lipinski definition) is 6. The summed E-state index contributed by atoms with van der Waals surface area (Å²) in [6.07, 6.45) is 4.15. The van der Waals surface area contributed by atoms with E-state index in [9.17, 15) is 4.79 Å². The van der Waals surface area contributed by atoms with Gasteiger partial charge < -0.3 is 15.0 Å². The second-order valence-corrected chi connectivity index (χ2v) is 6.26. The Morgan fingerprint density at radius 3 is 3.22 bits per heavy atom. The summed E-state index contributed by atoms with van der Waals surface area (Å²) in [5, 5.41) is 6.03. The maximum Gasteiger partial charge on any atom is 0.225 e. The largest absolute Gasteiger partial charge is 0.384 e. The van der Waals surface area contributed by atoms with Gasteiger partial charge in [0.2, 0.25) is 5.91 Å². The monoisotopic (exact) mass is 332 g/mol. The number of methoxy groups -OCH3 is 1. The zero-order valence-electron chi connectivity index (χ0n) is 13.1. The Labute approximate surface area is 139 Å². The molecule has 0 saturated carbocycles. The lowest BCUT2D eigenvalue weighted by molar-refractivity contribution is -0.133. The number of anilines is 2. The molecule has 1 saturated heterocycles. The van der Waals surface area contributed by atoms with Gasteiger partial charge >= 0.3 is 0 Å². The van der Waals surface area contributed by atoms with Crippen LogP contribution >= 0.6 is 11.3 Å². The Morgan fingerprint density at radius 1 is 1.52 bits per heavy atom. The van der Waals surface area contributed by atoms with Gasteiger partial charge in [-0.05, 0) is 25.0 Å². The molecule has 2 aromatic heterocycles. The Hall–Kier alpha value is -1.99. The van der Waals surface area contributed by atoms with Gasteiger partial charge in [-0.2, -0.15) is 0 Å². The molecule has 0 aromatic carbocycles. The topological polar surface area (TPSA) is 67.3 Å². The number of hydrogen-bond donors (Lipinski definition) is 1. The van der Waals surface area contributed by atoms with Gasteiger partial charge in [0.25, 0.3) is 0 Å². The van der Waals surface area contributed by atoms with E-state index < -0.39 is 0 Å². The van der Waals surface area contributed by atoms with E-state index in [0.29, 0.717) is 13.0 Å². The van der Waals surface area contributed by atoms with Crippen LogP contribution < -0.4 is 5.32 Å². The van der Waals surface area contributed by atoms with E-state index in [4.69, 9.17) is 4.74 Å². The number of thiazole rings is 1. The van der Waals surface area contributed by atoms with Gasteiger partial charge in [-0.15, -0.1) is 11.3 Å². The van der Waals surface area contributed by atoms with Gasteiger partial charge in [0.15, 0.2) is 5.13 Å². The van der Waals surface area contributed by atoms with Crippen molar-refractivity contribution in [3.8, 4) is 0 Å². The molecule has 3 rings (SSSR count). The molecule has 1 amide bonds. The van der Waals surface area contributed by atoms with E-state index in [1.807, 2.05) is 28.5 Å². The number of ether oxygens (including phenoxy) is 1. The van der Waals surface area contributed by atoms with E-state index >= 15 is 0 Å². The molecule has 0 bridgehead atoms. The van der Waals surface area contributed by atoms with Gasteiger partial charge in [0.05, 0.1) is 24.8 Å². The third-order valence-corrected chi connectivity index (χ3v) is 4.63. The molecule has 1 aliphatic heterocycles. The summed E-state index contributed by atoms with van der Waals surface area (Å²) in [4.78, 5) is 23.1. The first kappa shape index (κ1) is 15.9. The summed E-state index contributed by atoms with van der Waals surface area (Å²) in [5.41, 5.74) is 0.955. The molecule has 1 fully saturated rings. The van der Waals surface area contributed by atoms with Crippen molar-refractivity contribution < 1.29 is 9.53 Å². The first-order valence-electron chi connectivity index (χ1n) is 7.70. The first-order chi connectivity index (χ1) is 11.3. The molecule has 0 spiro atoms. The molecule has 3 heterocycles. The lowest BCUT2D eigenvalue weighted by Gasteiger charge is -2.23. The maximum absolute atomic E-state index is 12.3. The van der Waals surface area contributed by atoms with Crippen LogP contribution in [0.15, 0.2) is 29.8 Å². The Kier molecular flexibility index (Phi) is 5.19. The van der Waals surface area contributed by atoms with Gasteiger partial charge in [-0.1, -0.05) is 6.07 Å². The summed E-state index contributed by atoms with van der Waals surface area (Å²) < 4.78 is 5.01. The van der Waals surface area contributed by atoms with Gasteiger partial charge in [-0.3, -0.25) is 4.79 Å². The maximum atomic E-state index is 12.3. The van der Waals surface area contributed by atoms with Crippen LogP contribution in [-0.2, 0) is 9.53 Å². The first-order valence-corrected chi connectivity index (χ1v) is 8.58. The minimum absolute atomic E-state index is 0.0786. The lowest BCUT2D eigenvalue weighted by Crippen LogP contribution is -2.31. The van der Waals surface area contributed by atoms with Crippen molar-refractivity contribution in [2.45, 2.75) is 25.3 Å². The van der Waals surface area contributed by atoms with E-state index in [1.54, 1.807) is 13.3 Å². The molecule has 23 heavy (non-hydrogen) atoms. The fourth-order valence-electron chi connectivity index (χ4n) is 2.75. The van der Waals surface area contributed by atoms with Crippen LogP contribution in [0.5, 0.6) is 0 Å². The zero-order valence-corrected chi connectivity index (χ0v) is 13.9. The second-order valence-electron chi connectivity index (χ2n) is 5.41. The van der Waals surface area contributed by atoms with Gasteiger partial charge in [0, 0.05) is 25.2 Å². The van der Waals surface area contributed by atoms with Gasteiger partial charge in [-0.25, -0.2) is 9.97 Å². The fourth-order valence-corrected chi connectivity index (χ4v) is 3.51. The van der Waals surface area contributed by atoms with Crippen molar-refractivity contribution in [3.05, 3.63) is 35.5 Å². The molecular weight excluding hydrogens is 312 g/mol. The SMILES string of the molecule is COCCC(=O)N1CCC[C@@H]1c1csc(Nc2ccccn2)n1. The van der Waals surface area contributed by atoms with Gasteiger partial charge in [0.1, 0.15) is 5.82 Å². The number of pyridine rings is 1. The third-order valence-electron chi connectivity index (χ3n) is 3.86. The van der Waals surface area contributed by atoms with Crippen LogP contribution in [0.3, 0.4) is 0 Å². The smallest absolute Gasteiger partial charge is 0.225 e. The molecule has 1 atom stereocenters. The van der Waals surface area contributed by atoms with Crippen LogP contribution in [0.25, 0.3) is 0 Å².